The molecule has 0 aliphatic rings. The second-order valence-electron chi connectivity index (χ2n) is 4.17. The maximum Gasteiger partial charge on any atom is 0.344 e. The van der Waals surface area contributed by atoms with Crippen molar-refractivity contribution in [1.29, 1.82) is 0 Å². The van der Waals surface area contributed by atoms with Crippen LogP contribution < -0.4 is 10.5 Å². The molecule has 0 radical (unpaired) electrons. The fraction of sp³-hybridized carbons (Fsp3) is 0.417. The molecule has 0 saturated heterocycles. The number of carboxylic acids is 1. The molecule has 1 aromatic rings. The predicted octanol–water partition coefficient (Wildman–Crippen LogP) is 2.95. The lowest BCUT2D eigenvalue weighted by Gasteiger charge is -2.15. The number of benzene rings is 1. The van der Waals surface area contributed by atoms with Gasteiger partial charge in [0.15, 0.2) is 6.10 Å². The van der Waals surface area contributed by atoms with Crippen LogP contribution in [0.5, 0.6) is 5.75 Å². The van der Waals surface area contributed by atoms with E-state index in [4.69, 9.17) is 15.6 Å². The number of hydrogen-bond donors (Lipinski definition) is 2. The van der Waals surface area contributed by atoms with Gasteiger partial charge >= 0.3 is 5.97 Å². The average Bonchev–Trinajstić information content (AvgIpc) is 2.21. The summed E-state index contributed by atoms with van der Waals surface area (Å²) in [6.07, 6.45) is -0.164. The Balaban J connectivity index is 2.97. The molecule has 3 N–H and O–H groups in total. The van der Waals surface area contributed by atoms with Crippen molar-refractivity contribution in [2.45, 2.75) is 32.4 Å². The van der Waals surface area contributed by atoms with E-state index in [1.807, 2.05) is 19.1 Å². The van der Waals surface area contributed by atoms with E-state index in [9.17, 15) is 4.79 Å². The highest BCUT2D eigenvalue weighted by atomic mass is 79.9. The van der Waals surface area contributed by atoms with Crippen LogP contribution >= 0.6 is 31.9 Å². The molecule has 100 valence electrons. The van der Waals surface area contributed by atoms with E-state index in [0.29, 0.717) is 14.7 Å². The zero-order valence-electron chi connectivity index (χ0n) is 10.1. The molecular weight excluding hydrogens is 366 g/mol. The summed E-state index contributed by atoms with van der Waals surface area (Å²) >= 11 is 6.75. The maximum atomic E-state index is 10.8. The second-order valence-corrected chi connectivity index (χ2v) is 5.88. The van der Waals surface area contributed by atoms with Crippen molar-refractivity contribution in [2.24, 2.45) is 5.73 Å². The van der Waals surface area contributed by atoms with Crippen molar-refractivity contribution in [2.75, 3.05) is 0 Å². The number of carbonyl (C=O) groups is 1. The summed E-state index contributed by atoms with van der Waals surface area (Å²) in [4.78, 5) is 10.8. The summed E-state index contributed by atoms with van der Waals surface area (Å²) in [5, 5.41) is 8.83. The topological polar surface area (TPSA) is 72.5 Å². The number of nitrogens with two attached hydrogens (primary N) is 1. The molecule has 0 aliphatic heterocycles. The highest BCUT2D eigenvalue weighted by Gasteiger charge is 2.17. The molecule has 0 fully saturated rings. The lowest BCUT2D eigenvalue weighted by molar-refractivity contribution is -0.144. The van der Waals surface area contributed by atoms with Gasteiger partial charge in [0.2, 0.25) is 0 Å². The molecule has 0 amide bonds. The van der Waals surface area contributed by atoms with Gasteiger partial charge in [0.25, 0.3) is 0 Å². The van der Waals surface area contributed by atoms with Crippen LogP contribution in [0.3, 0.4) is 0 Å². The van der Waals surface area contributed by atoms with Crippen molar-refractivity contribution in [3.63, 3.8) is 0 Å². The number of halogens is 2. The number of aliphatic carboxylic acids is 1. The molecule has 1 aromatic carbocycles. The van der Waals surface area contributed by atoms with E-state index in [0.717, 1.165) is 12.0 Å². The Kier molecular flexibility index (Phi) is 5.62. The standard InChI is InChI=1S/C12H15Br2NO3/c1-6(15)3-8-4-9(13)11(10(14)5-8)18-7(2)12(16)17/h4-7H,3,15H2,1-2H3,(H,16,17). The quantitative estimate of drug-likeness (QED) is 0.823. The minimum absolute atomic E-state index is 0.0634. The summed E-state index contributed by atoms with van der Waals surface area (Å²) < 4.78 is 6.79. The summed E-state index contributed by atoms with van der Waals surface area (Å²) in [6, 6.07) is 3.84. The van der Waals surface area contributed by atoms with Crippen molar-refractivity contribution in [3.05, 3.63) is 26.6 Å². The SMILES string of the molecule is CC(N)Cc1cc(Br)c(OC(C)C(=O)O)c(Br)c1. The van der Waals surface area contributed by atoms with Gasteiger partial charge in [-0.05, 0) is 69.8 Å². The molecule has 0 saturated carbocycles. The third kappa shape index (κ3) is 4.26. The van der Waals surface area contributed by atoms with Gasteiger partial charge in [-0.1, -0.05) is 0 Å². The molecule has 0 aliphatic carbocycles. The molecule has 4 nitrogen and oxygen atoms in total. The van der Waals surface area contributed by atoms with Gasteiger partial charge in [0.1, 0.15) is 5.75 Å². The Bertz CT molecular complexity index is 426. The summed E-state index contributed by atoms with van der Waals surface area (Å²) in [5.41, 5.74) is 6.80. The molecule has 0 bridgehead atoms. The molecule has 1 rings (SSSR count). The van der Waals surface area contributed by atoms with Crippen molar-refractivity contribution in [3.8, 4) is 5.75 Å². The van der Waals surface area contributed by atoms with E-state index >= 15 is 0 Å². The van der Waals surface area contributed by atoms with E-state index in [-0.39, 0.29) is 6.04 Å². The Morgan fingerprint density at radius 2 is 1.89 bits per heavy atom. The molecule has 6 heteroatoms. The van der Waals surface area contributed by atoms with Crippen molar-refractivity contribution >= 4 is 37.8 Å². The molecular formula is C12H15Br2NO3. The first-order valence-electron chi connectivity index (χ1n) is 5.44. The largest absolute Gasteiger partial charge is 0.479 e. The van der Waals surface area contributed by atoms with Gasteiger partial charge in [-0.25, -0.2) is 4.79 Å². The predicted molar refractivity (Wildman–Crippen MR) is 76.9 cm³/mol. The summed E-state index contributed by atoms with van der Waals surface area (Å²) in [7, 11) is 0. The van der Waals surface area contributed by atoms with Crippen LogP contribution in [-0.4, -0.2) is 23.2 Å². The van der Waals surface area contributed by atoms with Crippen LogP contribution in [-0.2, 0) is 11.2 Å². The third-order valence-corrected chi connectivity index (χ3v) is 3.44. The molecule has 18 heavy (non-hydrogen) atoms. The van der Waals surface area contributed by atoms with Gasteiger partial charge in [0, 0.05) is 6.04 Å². The van der Waals surface area contributed by atoms with Gasteiger partial charge in [-0.2, -0.15) is 0 Å². The minimum atomic E-state index is -1.01. The zero-order valence-corrected chi connectivity index (χ0v) is 13.3. The average molecular weight is 381 g/mol. The Hall–Kier alpha value is -0.590. The van der Waals surface area contributed by atoms with Crippen LogP contribution in [0.4, 0.5) is 0 Å². The molecule has 0 aromatic heterocycles. The Morgan fingerprint density at radius 1 is 1.39 bits per heavy atom. The smallest absolute Gasteiger partial charge is 0.344 e. The second kappa shape index (κ2) is 6.54. The number of carboxylic acid groups (broad SMARTS) is 1. The summed E-state index contributed by atoms with van der Waals surface area (Å²) in [5.74, 6) is -0.521. The lowest BCUT2D eigenvalue weighted by atomic mass is 10.1. The van der Waals surface area contributed by atoms with Crippen LogP contribution in [0.25, 0.3) is 0 Å². The first kappa shape index (κ1) is 15.5. The van der Waals surface area contributed by atoms with Crippen molar-refractivity contribution < 1.29 is 14.6 Å². The molecule has 0 heterocycles. The van der Waals surface area contributed by atoms with Crippen LogP contribution in [0.1, 0.15) is 19.4 Å². The van der Waals surface area contributed by atoms with Crippen LogP contribution in [0.2, 0.25) is 0 Å². The van der Waals surface area contributed by atoms with Crippen LogP contribution in [0, 0.1) is 0 Å². The van der Waals surface area contributed by atoms with E-state index in [2.05, 4.69) is 31.9 Å². The van der Waals surface area contributed by atoms with Gasteiger partial charge in [-0.3, -0.25) is 0 Å². The summed E-state index contributed by atoms with van der Waals surface area (Å²) in [6.45, 7) is 3.41. The fourth-order valence-electron chi connectivity index (χ4n) is 1.44. The number of hydrogen-bond acceptors (Lipinski definition) is 3. The number of rotatable bonds is 5. The van der Waals surface area contributed by atoms with Crippen molar-refractivity contribution in [1.82, 2.24) is 0 Å². The van der Waals surface area contributed by atoms with Gasteiger partial charge in [0.05, 0.1) is 8.95 Å². The van der Waals surface area contributed by atoms with Gasteiger partial charge in [-0.15, -0.1) is 0 Å². The zero-order chi connectivity index (χ0) is 13.9. The monoisotopic (exact) mass is 379 g/mol. The molecule has 2 atom stereocenters. The lowest BCUT2D eigenvalue weighted by Crippen LogP contribution is -2.23. The minimum Gasteiger partial charge on any atom is -0.479 e. The normalized spacial score (nSPS) is 14.1. The first-order chi connectivity index (χ1) is 8.31. The Morgan fingerprint density at radius 3 is 2.28 bits per heavy atom. The Labute approximate surface area is 123 Å². The highest BCUT2D eigenvalue weighted by molar-refractivity contribution is 9.11. The van der Waals surface area contributed by atoms with E-state index in [1.54, 1.807) is 0 Å². The number of ether oxygens (including phenoxy) is 1. The highest BCUT2D eigenvalue weighted by Crippen LogP contribution is 2.35. The van der Waals surface area contributed by atoms with E-state index < -0.39 is 12.1 Å². The maximum absolute atomic E-state index is 10.8. The van der Waals surface area contributed by atoms with Crippen LogP contribution in [0.15, 0.2) is 21.1 Å². The fourth-order valence-corrected chi connectivity index (χ4v) is 2.91. The third-order valence-electron chi connectivity index (χ3n) is 2.26. The molecule has 2 unspecified atom stereocenters. The first-order valence-corrected chi connectivity index (χ1v) is 7.02. The van der Waals surface area contributed by atoms with E-state index in [1.165, 1.54) is 6.92 Å². The van der Waals surface area contributed by atoms with Gasteiger partial charge < -0.3 is 15.6 Å². The molecule has 0 spiro atoms.